The highest BCUT2D eigenvalue weighted by Gasteiger charge is 2.04. The third-order valence-electron chi connectivity index (χ3n) is 2.20. The Labute approximate surface area is 120 Å². The van der Waals surface area contributed by atoms with Crippen molar-refractivity contribution < 1.29 is 4.74 Å². The highest BCUT2D eigenvalue weighted by atomic mass is 35.5. The lowest BCUT2D eigenvalue weighted by molar-refractivity contribution is 0.531. The van der Waals surface area contributed by atoms with E-state index in [-0.39, 0.29) is 11.2 Å². The van der Waals surface area contributed by atoms with Crippen LogP contribution in [0.15, 0.2) is 47.6 Å². The molecule has 7 heteroatoms. The van der Waals surface area contributed by atoms with Crippen LogP contribution in [0.2, 0.25) is 5.15 Å². The first kappa shape index (κ1) is 13.6. The van der Waals surface area contributed by atoms with Crippen LogP contribution in [-0.2, 0) is 0 Å². The van der Waals surface area contributed by atoms with Gasteiger partial charge in [0.25, 0.3) is 0 Å². The summed E-state index contributed by atoms with van der Waals surface area (Å²) in [6.07, 6.45) is 3.17. The van der Waals surface area contributed by atoms with Crippen molar-refractivity contribution in [2.45, 2.75) is 0 Å². The van der Waals surface area contributed by atoms with Gasteiger partial charge in [0.2, 0.25) is 0 Å². The number of anilines is 1. The lowest BCUT2D eigenvalue weighted by Gasteiger charge is -2.06. The summed E-state index contributed by atoms with van der Waals surface area (Å²) in [5.74, 6) is 0.545. The number of aliphatic imine (C=N–C) groups is 1. The fraction of sp³-hybridized carbons (Fsp3) is 0. The number of para-hydroxylation sites is 1. The maximum absolute atomic E-state index is 8.71. The number of hydrogen-bond acceptors (Lipinski definition) is 5. The normalized spacial score (nSPS) is 10.7. The number of amidine groups is 1. The van der Waals surface area contributed by atoms with Crippen LogP contribution >= 0.6 is 11.6 Å². The standard InChI is InChI=1S/C13H10ClN5O/c14-12-11(16)6-9(7-17-12)19-13(18-8-15)20-10-4-2-1-3-5-10/h1-7H,16H2,(H,18,19). The molecule has 0 aliphatic rings. The number of nitrogens with two attached hydrogens (primary N) is 1. The second kappa shape index (κ2) is 6.41. The number of nitriles is 1. The van der Waals surface area contributed by atoms with Gasteiger partial charge in [0.1, 0.15) is 5.75 Å². The summed E-state index contributed by atoms with van der Waals surface area (Å²) in [4.78, 5) is 7.97. The maximum atomic E-state index is 8.71. The zero-order valence-corrected chi connectivity index (χ0v) is 11.0. The van der Waals surface area contributed by atoms with E-state index in [4.69, 9.17) is 27.3 Å². The van der Waals surface area contributed by atoms with E-state index in [1.807, 2.05) is 6.07 Å². The third kappa shape index (κ3) is 3.60. The second-order valence-electron chi connectivity index (χ2n) is 3.64. The molecular formula is C13H10ClN5O. The highest BCUT2D eigenvalue weighted by Crippen LogP contribution is 2.21. The van der Waals surface area contributed by atoms with Crippen LogP contribution in [0.3, 0.4) is 0 Å². The Bertz CT molecular complexity index is 666. The van der Waals surface area contributed by atoms with Gasteiger partial charge in [0, 0.05) is 0 Å². The van der Waals surface area contributed by atoms with Gasteiger partial charge in [-0.15, -0.1) is 0 Å². The number of hydrogen-bond donors (Lipinski definition) is 2. The van der Waals surface area contributed by atoms with E-state index >= 15 is 0 Å². The van der Waals surface area contributed by atoms with Crippen molar-refractivity contribution in [3.05, 3.63) is 47.7 Å². The Balaban J connectivity index is 2.25. The molecule has 0 aliphatic heterocycles. The molecule has 0 atom stereocenters. The van der Waals surface area contributed by atoms with E-state index in [0.717, 1.165) is 0 Å². The molecule has 0 saturated heterocycles. The van der Waals surface area contributed by atoms with Gasteiger partial charge < -0.3 is 10.5 Å². The summed E-state index contributed by atoms with van der Waals surface area (Å²) >= 11 is 5.72. The molecule has 0 amide bonds. The first-order valence-electron chi connectivity index (χ1n) is 5.57. The topological polar surface area (TPSA) is 96.3 Å². The van der Waals surface area contributed by atoms with E-state index in [1.54, 1.807) is 30.5 Å². The largest absolute Gasteiger partial charge is 0.425 e. The number of pyridine rings is 1. The quantitative estimate of drug-likeness (QED) is 0.291. The number of aromatic nitrogens is 1. The van der Waals surface area contributed by atoms with Gasteiger partial charge >= 0.3 is 6.02 Å². The summed E-state index contributed by atoms with van der Waals surface area (Å²) in [5.41, 5.74) is 6.35. The first-order chi connectivity index (χ1) is 9.69. The van der Waals surface area contributed by atoms with Gasteiger partial charge in [-0.05, 0) is 18.2 Å². The molecule has 0 bridgehead atoms. The first-order valence-corrected chi connectivity index (χ1v) is 5.94. The van der Waals surface area contributed by atoms with Crippen LogP contribution < -0.4 is 15.8 Å². The molecule has 0 fully saturated rings. The van der Waals surface area contributed by atoms with Crippen LogP contribution in [0.4, 0.5) is 11.4 Å². The van der Waals surface area contributed by atoms with Crippen LogP contribution in [0.1, 0.15) is 0 Å². The summed E-state index contributed by atoms with van der Waals surface area (Å²) in [6, 6.07) is 10.5. The van der Waals surface area contributed by atoms with Crippen molar-refractivity contribution in [3.8, 4) is 11.9 Å². The van der Waals surface area contributed by atoms with Gasteiger partial charge in [-0.2, -0.15) is 10.3 Å². The second-order valence-corrected chi connectivity index (χ2v) is 4.00. The average molecular weight is 288 g/mol. The maximum Gasteiger partial charge on any atom is 0.309 e. The fourth-order valence-electron chi connectivity index (χ4n) is 1.36. The SMILES string of the molecule is N#CNC(=Nc1cnc(Cl)c(N)c1)Oc1ccccc1. The van der Waals surface area contributed by atoms with Crippen molar-refractivity contribution in [1.82, 2.24) is 10.3 Å². The zero-order valence-electron chi connectivity index (χ0n) is 10.2. The van der Waals surface area contributed by atoms with Gasteiger partial charge in [-0.1, -0.05) is 29.8 Å². The monoisotopic (exact) mass is 287 g/mol. The van der Waals surface area contributed by atoms with E-state index in [1.165, 1.54) is 12.3 Å². The van der Waals surface area contributed by atoms with E-state index in [0.29, 0.717) is 17.1 Å². The predicted molar refractivity (Wildman–Crippen MR) is 76.6 cm³/mol. The molecular weight excluding hydrogens is 278 g/mol. The van der Waals surface area contributed by atoms with Gasteiger partial charge in [0.05, 0.1) is 17.6 Å². The van der Waals surface area contributed by atoms with E-state index in [2.05, 4.69) is 15.3 Å². The molecule has 1 aromatic carbocycles. The highest BCUT2D eigenvalue weighted by molar-refractivity contribution is 6.31. The molecule has 6 nitrogen and oxygen atoms in total. The minimum absolute atomic E-state index is 0.0159. The number of benzene rings is 1. The van der Waals surface area contributed by atoms with E-state index < -0.39 is 0 Å². The van der Waals surface area contributed by atoms with Crippen molar-refractivity contribution in [2.24, 2.45) is 4.99 Å². The molecule has 1 heterocycles. The van der Waals surface area contributed by atoms with Crippen molar-refractivity contribution in [3.63, 3.8) is 0 Å². The lowest BCUT2D eigenvalue weighted by atomic mass is 10.3. The third-order valence-corrected chi connectivity index (χ3v) is 2.52. The minimum Gasteiger partial charge on any atom is -0.425 e. The summed E-state index contributed by atoms with van der Waals surface area (Å²) in [5, 5.41) is 11.3. The molecule has 0 unspecified atom stereocenters. The predicted octanol–water partition coefficient (Wildman–Crippen LogP) is 2.45. The number of halogens is 1. The van der Waals surface area contributed by atoms with Crippen LogP contribution in [-0.4, -0.2) is 11.0 Å². The van der Waals surface area contributed by atoms with Gasteiger partial charge in [-0.3, -0.25) is 0 Å². The molecule has 3 N–H and O–H groups in total. The van der Waals surface area contributed by atoms with E-state index in [9.17, 15) is 0 Å². The van der Waals surface area contributed by atoms with Crippen molar-refractivity contribution >= 4 is 29.0 Å². The number of nitrogens with zero attached hydrogens (tertiary/aromatic N) is 3. The Morgan fingerprint density at radius 1 is 1.40 bits per heavy atom. The molecule has 2 aromatic rings. The molecule has 100 valence electrons. The summed E-state index contributed by atoms with van der Waals surface area (Å²) in [7, 11) is 0. The van der Waals surface area contributed by atoms with Crippen LogP contribution in [0.25, 0.3) is 0 Å². The zero-order chi connectivity index (χ0) is 14.4. The van der Waals surface area contributed by atoms with Crippen LogP contribution in [0, 0.1) is 11.5 Å². The Kier molecular flexibility index (Phi) is 4.37. The molecule has 0 spiro atoms. The molecule has 2 rings (SSSR count). The fourth-order valence-corrected chi connectivity index (χ4v) is 1.46. The molecule has 20 heavy (non-hydrogen) atoms. The van der Waals surface area contributed by atoms with Gasteiger partial charge in [0.15, 0.2) is 11.3 Å². The number of nitrogens with one attached hydrogen (secondary N) is 1. The van der Waals surface area contributed by atoms with Crippen LogP contribution in [0.5, 0.6) is 5.75 Å². The lowest BCUT2D eigenvalue weighted by Crippen LogP contribution is -2.24. The minimum atomic E-state index is 0.0159. The molecule has 1 aromatic heterocycles. The van der Waals surface area contributed by atoms with Crippen molar-refractivity contribution in [2.75, 3.05) is 5.73 Å². The Morgan fingerprint density at radius 3 is 2.80 bits per heavy atom. The molecule has 0 aliphatic carbocycles. The summed E-state index contributed by atoms with van der Waals surface area (Å²) < 4.78 is 5.44. The van der Waals surface area contributed by atoms with Crippen molar-refractivity contribution in [1.29, 1.82) is 5.26 Å². The Hall–Kier alpha value is -2.78. The number of rotatable bonds is 2. The molecule has 0 radical (unpaired) electrons. The van der Waals surface area contributed by atoms with Gasteiger partial charge in [-0.25, -0.2) is 10.3 Å². The summed E-state index contributed by atoms with van der Waals surface area (Å²) in [6.45, 7) is 0. The smallest absolute Gasteiger partial charge is 0.309 e. The Morgan fingerprint density at radius 2 is 2.15 bits per heavy atom. The number of ether oxygens (including phenoxy) is 1. The number of nitrogen functional groups attached to an aromatic ring is 1. The average Bonchev–Trinajstić information content (AvgIpc) is 2.44. The molecule has 0 saturated carbocycles.